The molecule has 2 amide bonds. The van der Waals surface area contributed by atoms with E-state index in [9.17, 15) is 22.8 Å². The lowest BCUT2D eigenvalue weighted by Crippen LogP contribution is -2.61. The van der Waals surface area contributed by atoms with Crippen molar-refractivity contribution in [2.45, 2.75) is 70.3 Å². The maximum Gasteiger partial charge on any atom is 0.412 e. The molecule has 2 saturated carbocycles. The number of aromatic nitrogens is 1. The van der Waals surface area contributed by atoms with Crippen LogP contribution < -0.4 is 14.9 Å². The van der Waals surface area contributed by atoms with E-state index in [0.717, 1.165) is 48.3 Å². The van der Waals surface area contributed by atoms with Crippen LogP contribution in [-0.4, -0.2) is 57.5 Å². The third kappa shape index (κ3) is 6.58. The van der Waals surface area contributed by atoms with Gasteiger partial charge in [-0.25, -0.2) is 13.2 Å². The van der Waals surface area contributed by atoms with Crippen LogP contribution in [0.5, 0.6) is 0 Å². The van der Waals surface area contributed by atoms with Gasteiger partial charge in [0.1, 0.15) is 17.5 Å². The van der Waals surface area contributed by atoms with Gasteiger partial charge in [-0.2, -0.15) is 0 Å². The maximum atomic E-state index is 13.0. The van der Waals surface area contributed by atoms with Gasteiger partial charge in [0.15, 0.2) is 5.76 Å². The molecule has 2 heterocycles. The Balaban J connectivity index is 1.01. The summed E-state index contributed by atoms with van der Waals surface area (Å²) in [4.78, 5) is 39.4. The van der Waals surface area contributed by atoms with Gasteiger partial charge in [0, 0.05) is 30.1 Å². The predicted molar refractivity (Wildman–Crippen MR) is 173 cm³/mol. The van der Waals surface area contributed by atoms with Crippen LogP contribution >= 0.6 is 0 Å². The molecule has 12 nitrogen and oxygen atoms in total. The fourth-order valence-electron chi connectivity index (χ4n) is 6.96. The lowest BCUT2D eigenvalue weighted by molar-refractivity contribution is -0.140. The van der Waals surface area contributed by atoms with Gasteiger partial charge >= 0.3 is 12.1 Å². The van der Waals surface area contributed by atoms with E-state index in [1.54, 1.807) is 6.92 Å². The van der Waals surface area contributed by atoms with Gasteiger partial charge in [0.2, 0.25) is 15.9 Å². The highest BCUT2D eigenvalue weighted by atomic mass is 32.2. The highest BCUT2D eigenvalue weighted by molar-refractivity contribution is 7.90. The minimum Gasteiger partial charge on any atom is -0.469 e. The molecule has 0 bridgehead atoms. The summed E-state index contributed by atoms with van der Waals surface area (Å²) in [6.45, 7) is 7.38. The molecular weight excluding hydrogens is 624 g/mol. The second-order valence-electron chi connectivity index (χ2n) is 13.2. The van der Waals surface area contributed by atoms with Crippen molar-refractivity contribution >= 4 is 39.4 Å². The first-order valence-corrected chi connectivity index (χ1v) is 17.5. The average molecular weight is 665 g/mol. The summed E-state index contributed by atoms with van der Waals surface area (Å²) in [5.74, 6) is -0.907. The van der Waals surface area contributed by atoms with E-state index in [1.165, 1.54) is 7.11 Å². The van der Waals surface area contributed by atoms with E-state index in [2.05, 4.69) is 24.8 Å². The van der Waals surface area contributed by atoms with E-state index >= 15 is 0 Å². The van der Waals surface area contributed by atoms with Crippen LogP contribution in [0.2, 0.25) is 0 Å². The van der Waals surface area contributed by atoms with Gasteiger partial charge in [-0.05, 0) is 75.3 Å². The summed E-state index contributed by atoms with van der Waals surface area (Å²) in [7, 11) is -2.77. The van der Waals surface area contributed by atoms with Crippen molar-refractivity contribution in [1.29, 1.82) is 0 Å². The Morgan fingerprint density at radius 1 is 1.06 bits per heavy atom. The van der Waals surface area contributed by atoms with Crippen molar-refractivity contribution in [3.8, 4) is 0 Å². The Morgan fingerprint density at radius 3 is 2.38 bits per heavy atom. The van der Waals surface area contributed by atoms with Gasteiger partial charge in [-0.15, -0.1) is 0 Å². The Hall–Kier alpha value is -4.39. The molecule has 0 radical (unpaired) electrons. The van der Waals surface area contributed by atoms with E-state index in [0.29, 0.717) is 30.0 Å². The Labute approximate surface area is 274 Å². The van der Waals surface area contributed by atoms with E-state index in [-0.39, 0.29) is 17.8 Å². The molecule has 13 heteroatoms. The Kier molecular flexibility index (Phi) is 8.54. The molecular formula is C34H40N4O8S. The largest absolute Gasteiger partial charge is 0.469 e. The van der Waals surface area contributed by atoms with E-state index in [4.69, 9.17) is 9.26 Å². The molecule has 47 heavy (non-hydrogen) atoms. The lowest BCUT2D eigenvalue weighted by Gasteiger charge is -2.59. The Morgan fingerprint density at radius 2 is 1.74 bits per heavy atom. The number of carbonyl (C=O) groups excluding carboxylic acids is 3. The van der Waals surface area contributed by atoms with Crippen molar-refractivity contribution in [3.05, 3.63) is 76.7 Å². The topological polar surface area (TPSA) is 157 Å². The quantitative estimate of drug-likeness (QED) is 0.267. The normalized spacial score (nSPS) is 18.4. The average Bonchev–Trinajstić information content (AvgIpc) is 3.74. The fourth-order valence-corrected chi connectivity index (χ4v) is 7.98. The molecule has 3 aromatic rings. The molecule has 250 valence electrons. The van der Waals surface area contributed by atoms with Gasteiger partial charge < -0.3 is 18.9 Å². The molecule has 0 unspecified atom stereocenters. The van der Waals surface area contributed by atoms with E-state index < -0.39 is 45.3 Å². The number of esters is 1. The summed E-state index contributed by atoms with van der Waals surface area (Å²) < 4.78 is 42.7. The summed E-state index contributed by atoms with van der Waals surface area (Å²) in [6.07, 6.45) is 1.65. The number of hydrogen-bond donors (Lipinski definition) is 2. The number of amides is 2. The zero-order valence-corrected chi connectivity index (χ0v) is 27.8. The van der Waals surface area contributed by atoms with Gasteiger partial charge in [0.25, 0.3) is 0 Å². The van der Waals surface area contributed by atoms with Gasteiger partial charge in [0.05, 0.1) is 24.7 Å². The van der Waals surface area contributed by atoms with Crippen LogP contribution in [0.3, 0.4) is 0 Å². The molecule has 6 rings (SSSR count). The molecule has 2 N–H and O–H groups in total. The molecule has 3 aliphatic rings. The van der Waals surface area contributed by atoms with Crippen LogP contribution in [0, 0.1) is 19.3 Å². The Bertz CT molecular complexity index is 1780. The van der Waals surface area contributed by atoms with Gasteiger partial charge in [-0.3, -0.25) is 19.6 Å². The predicted octanol–water partition coefficient (Wildman–Crippen LogP) is 5.03. The molecule has 2 aromatic carbocycles. The number of nitrogens with zero attached hydrogens (tertiary/aromatic N) is 2. The number of aryl methyl sites for hydroxylation is 2. The van der Waals surface area contributed by atoms with Crippen LogP contribution in [0.4, 0.5) is 16.2 Å². The molecule has 1 saturated heterocycles. The number of rotatable bonds is 11. The first kappa shape index (κ1) is 32.5. The first-order valence-electron chi connectivity index (χ1n) is 15.8. The number of benzene rings is 2. The smallest absolute Gasteiger partial charge is 0.412 e. The van der Waals surface area contributed by atoms with Crippen LogP contribution in [-0.2, 0) is 34.5 Å². The van der Waals surface area contributed by atoms with Crippen molar-refractivity contribution < 1.29 is 36.8 Å². The number of carbonyl (C=O) groups is 3. The summed E-state index contributed by atoms with van der Waals surface area (Å²) >= 11 is 0. The minimum absolute atomic E-state index is 0.141. The lowest BCUT2D eigenvalue weighted by atomic mass is 9.57. The maximum absolute atomic E-state index is 13.0. The number of hydrogen-bond acceptors (Lipinski definition) is 10. The summed E-state index contributed by atoms with van der Waals surface area (Å²) in [5.41, 5.74) is 4.27. The zero-order valence-electron chi connectivity index (χ0n) is 27.0. The molecule has 2 aliphatic carbocycles. The minimum atomic E-state index is -3.96. The summed E-state index contributed by atoms with van der Waals surface area (Å²) in [5, 5.41) is 7.00. The third-order valence-electron chi connectivity index (χ3n) is 9.83. The summed E-state index contributed by atoms with van der Waals surface area (Å²) in [6, 6.07) is 15.5. The number of anilines is 2. The van der Waals surface area contributed by atoms with Crippen LogP contribution in [0.1, 0.15) is 79.2 Å². The number of ether oxygens (including phenoxy) is 2. The molecule has 1 aliphatic heterocycles. The van der Waals surface area contributed by atoms with Crippen LogP contribution in [0.25, 0.3) is 0 Å². The van der Waals surface area contributed by atoms with Crippen molar-refractivity contribution in [1.82, 2.24) is 9.88 Å². The van der Waals surface area contributed by atoms with Crippen molar-refractivity contribution in [2.24, 2.45) is 5.41 Å². The number of nitrogens with one attached hydrogen (secondary N) is 2. The van der Waals surface area contributed by atoms with Crippen molar-refractivity contribution in [3.63, 3.8) is 0 Å². The highest BCUT2D eigenvalue weighted by Crippen LogP contribution is 2.58. The molecule has 1 aromatic heterocycles. The number of sulfonamides is 1. The number of methoxy groups -OCH3 is 1. The molecule has 1 spiro atoms. The first-order chi connectivity index (χ1) is 22.3. The third-order valence-corrected chi connectivity index (χ3v) is 11.1. The second kappa shape index (κ2) is 12.3. The molecule has 1 atom stereocenters. The monoisotopic (exact) mass is 664 g/mol. The fraction of sp³-hybridized carbons (Fsp3) is 0.471. The molecule has 3 fully saturated rings. The van der Waals surface area contributed by atoms with E-state index in [1.807, 2.05) is 62.4 Å². The van der Waals surface area contributed by atoms with Gasteiger partial charge in [-0.1, -0.05) is 41.6 Å². The second-order valence-corrected chi connectivity index (χ2v) is 15.0. The van der Waals surface area contributed by atoms with Crippen LogP contribution in [0.15, 0.2) is 53.1 Å². The van der Waals surface area contributed by atoms with Crippen molar-refractivity contribution in [2.75, 3.05) is 36.2 Å². The zero-order chi connectivity index (χ0) is 33.6. The standard InChI is InChI=1S/C34H40N4O8S/c1-21-7-5-6-8-27(21)23(3)45-32(41)35-29-22(2)36-46-30(29)24-17-33(18-24)19-38(20-33)26-11-9-25(10-12-26)34(14-15-34)31(40)37-47(42,43)16-13-28(39)44-4/h5-12,23-24H,13-20H2,1-4H3,(H,35,41)(H,37,40)/t23-/m1/s1. The SMILES string of the molecule is COC(=O)CCS(=O)(=O)NC(=O)C1(c2ccc(N3CC4(CC(c5onc(C)c5NC(=O)O[C@H](C)c5ccccc5C)C4)C3)cc2)CC1. The highest BCUT2D eigenvalue weighted by Gasteiger charge is 2.55.